The predicted octanol–water partition coefficient (Wildman–Crippen LogP) is 2.64. The third-order valence-corrected chi connectivity index (χ3v) is 6.55. The Kier molecular flexibility index (Phi) is 5.87. The second kappa shape index (κ2) is 8.98. The van der Waals surface area contributed by atoms with Crippen molar-refractivity contribution in [3.63, 3.8) is 0 Å². The van der Waals surface area contributed by atoms with Crippen LogP contribution in [-0.2, 0) is 0 Å². The van der Waals surface area contributed by atoms with Gasteiger partial charge in [-0.2, -0.15) is 5.10 Å². The molecule has 0 saturated carbocycles. The lowest BCUT2D eigenvalue weighted by atomic mass is 9.97. The first-order valence-electron chi connectivity index (χ1n) is 11.7. The number of hydrogen-bond donors (Lipinski definition) is 1. The first-order chi connectivity index (χ1) is 16.4. The summed E-state index contributed by atoms with van der Waals surface area (Å²) in [5.41, 5.74) is 2.53. The van der Waals surface area contributed by atoms with E-state index in [4.69, 9.17) is 0 Å². The average molecular weight is 461 g/mol. The van der Waals surface area contributed by atoms with Crippen LogP contribution in [0.15, 0.2) is 48.9 Å². The second-order valence-corrected chi connectivity index (χ2v) is 9.16. The van der Waals surface area contributed by atoms with Crippen LogP contribution < -0.4 is 4.90 Å². The summed E-state index contributed by atoms with van der Waals surface area (Å²) in [6.07, 6.45) is 4.13. The van der Waals surface area contributed by atoms with Crippen LogP contribution in [0.2, 0.25) is 0 Å². The van der Waals surface area contributed by atoms with Gasteiger partial charge in [0.1, 0.15) is 12.0 Å². The van der Waals surface area contributed by atoms with Gasteiger partial charge in [0.15, 0.2) is 5.82 Å². The number of aliphatic hydroxyl groups is 1. The molecule has 1 aromatic carbocycles. The molecular formula is C25H28N6O3. The van der Waals surface area contributed by atoms with Crippen LogP contribution in [-0.4, -0.2) is 67.3 Å². The van der Waals surface area contributed by atoms with E-state index in [1.807, 2.05) is 26.0 Å². The summed E-state index contributed by atoms with van der Waals surface area (Å²) in [5, 5.41) is 14.4. The van der Waals surface area contributed by atoms with Gasteiger partial charge in [-0.15, -0.1) is 0 Å². The van der Waals surface area contributed by atoms with Gasteiger partial charge in [-0.3, -0.25) is 19.3 Å². The molecule has 0 spiro atoms. The zero-order chi connectivity index (χ0) is 23.8. The Morgan fingerprint density at radius 3 is 2.53 bits per heavy atom. The van der Waals surface area contributed by atoms with Gasteiger partial charge in [-0.05, 0) is 62.6 Å². The molecule has 0 aliphatic carbocycles. The van der Waals surface area contributed by atoms with Gasteiger partial charge >= 0.3 is 0 Å². The largest absolute Gasteiger partial charge is 0.393 e. The first kappa shape index (κ1) is 22.2. The van der Waals surface area contributed by atoms with Gasteiger partial charge in [-0.25, -0.2) is 4.98 Å². The zero-order valence-electron chi connectivity index (χ0n) is 19.3. The maximum Gasteiger partial charge on any atom is 0.276 e. The highest BCUT2D eigenvalue weighted by molar-refractivity contribution is 6.07. The number of anilines is 1. The number of amides is 2. The highest BCUT2D eigenvalue weighted by atomic mass is 16.3. The minimum absolute atomic E-state index is 0.0661. The van der Waals surface area contributed by atoms with E-state index in [1.165, 1.54) is 0 Å². The summed E-state index contributed by atoms with van der Waals surface area (Å²) in [6, 6.07) is 10.9. The molecule has 34 heavy (non-hydrogen) atoms. The van der Waals surface area contributed by atoms with Crippen molar-refractivity contribution in [2.45, 2.75) is 44.8 Å². The summed E-state index contributed by atoms with van der Waals surface area (Å²) in [4.78, 5) is 38.7. The fourth-order valence-corrected chi connectivity index (χ4v) is 4.58. The number of likely N-dealkylation sites (tertiary alicyclic amines) is 1. The van der Waals surface area contributed by atoms with Gasteiger partial charge < -0.3 is 14.9 Å². The molecule has 0 radical (unpaired) electrons. The summed E-state index contributed by atoms with van der Waals surface area (Å²) >= 11 is 0. The molecule has 5 rings (SSSR count). The monoisotopic (exact) mass is 460 g/mol. The maximum atomic E-state index is 13.3. The molecule has 3 aromatic rings. The number of carbonyl (C=O) groups is 2. The summed E-state index contributed by atoms with van der Waals surface area (Å²) in [7, 11) is 0. The standard InChI is InChI=1S/C25H28N6O3/c1-16(2)31-15-27-23(28-31)20-14-30(25(34)21-5-3-4-10-26-21)22-7-6-17(13-19(20)22)24(33)29-11-8-18(32)9-12-29/h3-7,10,13,15-16,18,20,32H,8-9,11-12,14H2,1-2H3. The van der Waals surface area contributed by atoms with Crippen LogP contribution in [0.4, 0.5) is 5.69 Å². The van der Waals surface area contributed by atoms with Crippen molar-refractivity contribution in [2.24, 2.45) is 0 Å². The smallest absolute Gasteiger partial charge is 0.276 e. The van der Waals surface area contributed by atoms with Crippen molar-refractivity contribution in [3.8, 4) is 0 Å². The molecule has 0 bridgehead atoms. The molecule has 1 atom stereocenters. The molecule has 9 nitrogen and oxygen atoms in total. The molecule has 2 aliphatic heterocycles. The van der Waals surface area contributed by atoms with E-state index in [2.05, 4.69) is 15.1 Å². The topological polar surface area (TPSA) is 104 Å². The van der Waals surface area contributed by atoms with Crippen molar-refractivity contribution in [1.82, 2.24) is 24.6 Å². The molecule has 2 amide bonds. The number of fused-ring (bicyclic) bond motifs is 1. The van der Waals surface area contributed by atoms with Crippen molar-refractivity contribution in [1.29, 1.82) is 0 Å². The molecule has 1 unspecified atom stereocenters. The zero-order valence-corrected chi connectivity index (χ0v) is 19.3. The highest BCUT2D eigenvalue weighted by Gasteiger charge is 2.37. The second-order valence-electron chi connectivity index (χ2n) is 9.16. The molecule has 1 fully saturated rings. The van der Waals surface area contributed by atoms with Crippen LogP contribution in [0.3, 0.4) is 0 Å². The van der Waals surface area contributed by atoms with Crippen molar-refractivity contribution < 1.29 is 14.7 Å². The fraction of sp³-hybridized carbons (Fsp3) is 0.400. The van der Waals surface area contributed by atoms with Crippen LogP contribution in [0.5, 0.6) is 0 Å². The number of nitrogens with zero attached hydrogens (tertiary/aromatic N) is 6. The number of carbonyl (C=O) groups excluding carboxylic acids is 2. The fourth-order valence-electron chi connectivity index (χ4n) is 4.58. The van der Waals surface area contributed by atoms with Gasteiger partial charge in [0.05, 0.1) is 12.0 Å². The number of benzene rings is 1. The van der Waals surface area contributed by atoms with Crippen LogP contribution in [0, 0.1) is 0 Å². The Balaban J connectivity index is 1.51. The third-order valence-electron chi connectivity index (χ3n) is 6.55. The minimum atomic E-state index is -0.346. The summed E-state index contributed by atoms with van der Waals surface area (Å²) in [5.74, 6) is 0.107. The van der Waals surface area contributed by atoms with Gasteiger partial charge in [0.25, 0.3) is 11.8 Å². The quantitative estimate of drug-likeness (QED) is 0.642. The normalized spacial score (nSPS) is 18.4. The van der Waals surface area contributed by atoms with E-state index >= 15 is 0 Å². The van der Waals surface area contributed by atoms with E-state index in [-0.39, 0.29) is 29.9 Å². The number of aliphatic hydroxyl groups excluding tert-OH is 1. The number of aromatic nitrogens is 4. The lowest BCUT2D eigenvalue weighted by Gasteiger charge is -2.29. The lowest BCUT2D eigenvalue weighted by Crippen LogP contribution is -2.40. The number of pyridine rings is 1. The third kappa shape index (κ3) is 4.07. The number of rotatable bonds is 4. The van der Waals surface area contributed by atoms with Crippen molar-refractivity contribution in [3.05, 3.63) is 71.6 Å². The predicted molar refractivity (Wildman–Crippen MR) is 126 cm³/mol. The van der Waals surface area contributed by atoms with Gasteiger partial charge in [0, 0.05) is 43.1 Å². The van der Waals surface area contributed by atoms with Gasteiger partial charge in [0.2, 0.25) is 0 Å². The van der Waals surface area contributed by atoms with E-state index in [0.29, 0.717) is 49.6 Å². The molecule has 9 heteroatoms. The van der Waals surface area contributed by atoms with Crippen LogP contribution in [0.1, 0.15) is 70.9 Å². The SMILES string of the molecule is CC(C)n1cnc(C2CN(C(=O)c3ccccn3)c3ccc(C(=O)N4CCC(O)CC4)cc32)n1. The highest BCUT2D eigenvalue weighted by Crippen LogP contribution is 2.40. The van der Waals surface area contributed by atoms with Crippen molar-refractivity contribution >= 4 is 17.5 Å². The molecule has 4 heterocycles. The van der Waals surface area contributed by atoms with Crippen LogP contribution >= 0.6 is 0 Å². The van der Waals surface area contributed by atoms with E-state index < -0.39 is 0 Å². The Hall–Kier alpha value is -3.59. The van der Waals surface area contributed by atoms with Gasteiger partial charge in [-0.1, -0.05) is 6.07 Å². The minimum Gasteiger partial charge on any atom is -0.393 e. The van der Waals surface area contributed by atoms with E-state index in [0.717, 1.165) is 11.3 Å². The number of hydrogen-bond acceptors (Lipinski definition) is 6. The molecular weight excluding hydrogens is 432 g/mol. The first-order valence-corrected chi connectivity index (χ1v) is 11.7. The van der Waals surface area contributed by atoms with Crippen molar-refractivity contribution in [2.75, 3.05) is 24.5 Å². The molecule has 1 saturated heterocycles. The average Bonchev–Trinajstić information content (AvgIpc) is 3.49. The lowest BCUT2D eigenvalue weighted by molar-refractivity contribution is 0.0546. The Bertz CT molecular complexity index is 1200. The Labute approximate surface area is 198 Å². The maximum absolute atomic E-state index is 13.3. The molecule has 1 N–H and O–H groups in total. The Morgan fingerprint density at radius 1 is 1.06 bits per heavy atom. The van der Waals surface area contributed by atoms with E-state index in [9.17, 15) is 14.7 Å². The number of piperidine rings is 1. The molecule has 176 valence electrons. The van der Waals surface area contributed by atoms with Crippen LogP contribution in [0.25, 0.3) is 0 Å². The summed E-state index contributed by atoms with van der Waals surface area (Å²) < 4.78 is 1.80. The summed E-state index contributed by atoms with van der Waals surface area (Å²) in [6.45, 7) is 5.51. The Morgan fingerprint density at radius 2 is 1.85 bits per heavy atom. The molecule has 2 aromatic heterocycles. The molecule has 2 aliphatic rings. The van der Waals surface area contributed by atoms with E-state index in [1.54, 1.807) is 51.3 Å².